The Morgan fingerprint density at radius 1 is 1.48 bits per heavy atom. The van der Waals surface area contributed by atoms with Crippen molar-refractivity contribution in [2.75, 3.05) is 38.2 Å². The van der Waals surface area contributed by atoms with Crippen LogP contribution in [0.5, 0.6) is 0 Å². The van der Waals surface area contributed by atoms with Gasteiger partial charge in [0.1, 0.15) is 11.4 Å². The lowest BCUT2D eigenvalue weighted by molar-refractivity contribution is 0.0507. The Morgan fingerprint density at radius 3 is 2.96 bits per heavy atom. The van der Waals surface area contributed by atoms with Crippen LogP contribution in [0.3, 0.4) is 0 Å². The number of carbonyl (C=O) groups excluding carboxylic acids is 1. The summed E-state index contributed by atoms with van der Waals surface area (Å²) in [5.74, 6) is 2.83. The van der Waals surface area contributed by atoms with Crippen LogP contribution in [0.25, 0.3) is 0 Å². The molecule has 0 bridgehead atoms. The van der Waals surface area contributed by atoms with Gasteiger partial charge in [0, 0.05) is 31.8 Å². The molecule has 0 radical (unpaired) electrons. The van der Waals surface area contributed by atoms with E-state index in [4.69, 9.17) is 14.1 Å². The van der Waals surface area contributed by atoms with Crippen LogP contribution in [-0.4, -0.2) is 66.8 Å². The van der Waals surface area contributed by atoms with Crippen LogP contribution in [0, 0.1) is 0 Å². The number of aliphatic imine (C=N–C) groups is 1. The van der Waals surface area contributed by atoms with Crippen molar-refractivity contribution in [2.24, 2.45) is 4.99 Å². The molecular formula is C19H32N4O3S. The smallest absolute Gasteiger partial charge is 0.407 e. The summed E-state index contributed by atoms with van der Waals surface area (Å²) in [6.45, 7) is 8.71. The van der Waals surface area contributed by atoms with Gasteiger partial charge in [0.25, 0.3) is 0 Å². The van der Waals surface area contributed by atoms with E-state index in [-0.39, 0.29) is 12.1 Å². The molecule has 0 aromatic carbocycles. The number of carbonyl (C=O) groups is 1. The largest absolute Gasteiger partial charge is 0.469 e. The van der Waals surface area contributed by atoms with Gasteiger partial charge in [-0.1, -0.05) is 0 Å². The second-order valence-electron chi connectivity index (χ2n) is 7.53. The number of nitrogens with one attached hydrogen (secondary N) is 2. The Bertz CT molecular complexity index is 599. The Kier molecular flexibility index (Phi) is 8.34. The minimum atomic E-state index is -0.486. The van der Waals surface area contributed by atoms with Crippen LogP contribution < -0.4 is 10.6 Å². The molecule has 1 aliphatic heterocycles. The lowest BCUT2D eigenvalue weighted by atomic mass is 10.2. The quantitative estimate of drug-likeness (QED) is 0.419. The molecule has 1 unspecified atom stereocenters. The molecule has 8 heteroatoms. The van der Waals surface area contributed by atoms with Gasteiger partial charge in [-0.15, -0.1) is 0 Å². The maximum atomic E-state index is 12.0. The summed E-state index contributed by atoms with van der Waals surface area (Å²) in [5, 5.41) is 6.39. The van der Waals surface area contributed by atoms with Crippen molar-refractivity contribution in [2.45, 2.75) is 45.3 Å². The molecule has 1 atom stereocenters. The van der Waals surface area contributed by atoms with Gasteiger partial charge in [-0.25, -0.2) is 4.79 Å². The van der Waals surface area contributed by atoms with Gasteiger partial charge in [-0.3, -0.25) is 4.99 Å². The Labute approximate surface area is 166 Å². The van der Waals surface area contributed by atoms with E-state index in [1.807, 2.05) is 32.9 Å². The van der Waals surface area contributed by atoms with E-state index in [1.165, 1.54) is 0 Å². The number of ether oxygens (including phenoxy) is 1. The molecule has 0 aliphatic carbocycles. The lowest BCUT2D eigenvalue weighted by Gasteiger charge is -2.23. The van der Waals surface area contributed by atoms with Gasteiger partial charge in [-0.2, -0.15) is 11.8 Å². The second kappa shape index (κ2) is 10.5. The topological polar surface area (TPSA) is 79.1 Å². The highest BCUT2D eigenvalue weighted by molar-refractivity contribution is 7.98. The number of hydrogen-bond donors (Lipinski definition) is 2. The summed E-state index contributed by atoms with van der Waals surface area (Å²) in [6.07, 6.45) is 5.09. The Morgan fingerprint density at radius 2 is 2.30 bits per heavy atom. The van der Waals surface area contributed by atoms with Crippen LogP contribution in [0.15, 0.2) is 27.8 Å². The third-order valence-electron chi connectivity index (χ3n) is 4.00. The van der Waals surface area contributed by atoms with Crippen molar-refractivity contribution in [1.82, 2.24) is 15.5 Å². The number of thioether (sulfide) groups is 1. The average molecular weight is 397 g/mol. The normalized spacial score (nSPS) is 17.9. The molecule has 7 nitrogen and oxygen atoms in total. The first kappa shape index (κ1) is 21.5. The number of guanidine groups is 1. The summed E-state index contributed by atoms with van der Waals surface area (Å²) < 4.78 is 10.7. The maximum Gasteiger partial charge on any atom is 0.407 e. The van der Waals surface area contributed by atoms with E-state index in [9.17, 15) is 4.79 Å². The zero-order valence-corrected chi connectivity index (χ0v) is 17.6. The van der Waals surface area contributed by atoms with Crippen LogP contribution in [0.1, 0.15) is 33.0 Å². The molecule has 1 amide bonds. The average Bonchev–Trinajstić information content (AvgIpc) is 3.23. The lowest BCUT2D eigenvalue weighted by Crippen LogP contribution is -2.44. The number of hydrogen-bond acceptors (Lipinski definition) is 5. The van der Waals surface area contributed by atoms with Crippen molar-refractivity contribution in [3.05, 3.63) is 24.2 Å². The fourth-order valence-corrected chi connectivity index (χ4v) is 3.08. The number of amides is 1. The van der Waals surface area contributed by atoms with Gasteiger partial charge >= 0.3 is 6.09 Å². The van der Waals surface area contributed by atoms with E-state index < -0.39 is 5.60 Å². The minimum absolute atomic E-state index is 0.0671. The van der Waals surface area contributed by atoms with E-state index in [0.717, 1.165) is 56.5 Å². The van der Waals surface area contributed by atoms with Crippen molar-refractivity contribution < 1.29 is 13.9 Å². The predicted molar refractivity (Wildman–Crippen MR) is 110 cm³/mol. The molecule has 1 fully saturated rings. The number of nitrogens with zero attached hydrogens (tertiary/aromatic N) is 2. The first-order valence-corrected chi connectivity index (χ1v) is 10.8. The monoisotopic (exact) mass is 396 g/mol. The predicted octanol–water partition coefficient (Wildman–Crippen LogP) is 2.73. The van der Waals surface area contributed by atoms with Crippen LogP contribution in [-0.2, 0) is 11.2 Å². The highest BCUT2D eigenvalue weighted by Crippen LogP contribution is 2.12. The summed E-state index contributed by atoms with van der Waals surface area (Å²) in [6, 6.07) is 3.94. The highest BCUT2D eigenvalue weighted by Gasteiger charge is 2.27. The first-order valence-electron chi connectivity index (χ1n) is 9.41. The molecule has 27 heavy (non-hydrogen) atoms. The van der Waals surface area contributed by atoms with Gasteiger partial charge in [-0.05, 0) is 45.6 Å². The van der Waals surface area contributed by atoms with Crippen molar-refractivity contribution in [3.63, 3.8) is 0 Å². The molecule has 2 rings (SSSR count). The number of rotatable bonds is 7. The van der Waals surface area contributed by atoms with Gasteiger partial charge < -0.3 is 24.7 Å². The van der Waals surface area contributed by atoms with Crippen molar-refractivity contribution in [1.29, 1.82) is 0 Å². The van der Waals surface area contributed by atoms with E-state index in [0.29, 0.717) is 0 Å². The molecule has 0 spiro atoms. The summed E-state index contributed by atoms with van der Waals surface area (Å²) in [4.78, 5) is 18.9. The molecule has 152 valence electrons. The van der Waals surface area contributed by atoms with Gasteiger partial charge in [0.15, 0.2) is 5.96 Å². The van der Waals surface area contributed by atoms with E-state index in [1.54, 1.807) is 18.0 Å². The molecule has 1 aromatic heterocycles. The Balaban J connectivity index is 1.85. The fraction of sp³-hybridized carbons (Fsp3) is 0.684. The number of alkyl carbamates (subject to hydrolysis) is 1. The molecule has 1 saturated heterocycles. The van der Waals surface area contributed by atoms with E-state index in [2.05, 4.69) is 21.8 Å². The van der Waals surface area contributed by atoms with Gasteiger partial charge in [0.05, 0.1) is 18.8 Å². The first-order chi connectivity index (χ1) is 12.9. The number of likely N-dealkylation sites (tertiary alicyclic amines) is 1. The van der Waals surface area contributed by atoms with Crippen LogP contribution in [0.2, 0.25) is 0 Å². The fourth-order valence-electron chi connectivity index (χ4n) is 2.81. The molecule has 1 aromatic rings. The molecular weight excluding hydrogens is 364 g/mol. The SMILES string of the molecule is CSCCN=C(NCCc1ccco1)N1CCC(NC(=O)OC(C)(C)C)C1. The summed E-state index contributed by atoms with van der Waals surface area (Å²) >= 11 is 1.78. The Hall–Kier alpha value is -1.83. The zero-order valence-electron chi connectivity index (χ0n) is 16.8. The maximum absolute atomic E-state index is 12.0. The summed E-state index contributed by atoms with van der Waals surface area (Å²) in [5.41, 5.74) is -0.486. The van der Waals surface area contributed by atoms with Crippen LogP contribution in [0.4, 0.5) is 4.79 Å². The zero-order chi connectivity index (χ0) is 19.7. The van der Waals surface area contributed by atoms with Crippen molar-refractivity contribution in [3.8, 4) is 0 Å². The third kappa shape index (κ3) is 8.15. The number of furan rings is 1. The van der Waals surface area contributed by atoms with Crippen LogP contribution >= 0.6 is 11.8 Å². The minimum Gasteiger partial charge on any atom is -0.469 e. The standard InChI is InChI=1S/C19H32N4O3S/c1-19(2,3)26-18(24)22-15-8-11-23(14-15)17(21-10-13-27-4)20-9-7-16-6-5-12-25-16/h5-6,12,15H,7-11,13-14H2,1-4H3,(H,20,21)(H,22,24). The summed E-state index contributed by atoms with van der Waals surface area (Å²) in [7, 11) is 0. The second-order valence-corrected chi connectivity index (χ2v) is 8.52. The molecule has 1 aliphatic rings. The molecule has 0 saturated carbocycles. The van der Waals surface area contributed by atoms with Crippen molar-refractivity contribution >= 4 is 23.8 Å². The molecule has 2 heterocycles. The van der Waals surface area contributed by atoms with E-state index >= 15 is 0 Å². The third-order valence-corrected chi connectivity index (χ3v) is 4.59. The highest BCUT2D eigenvalue weighted by atomic mass is 32.2. The molecule has 2 N–H and O–H groups in total. The van der Waals surface area contributed by atoms with Gasteiger partial charge in [0.2, 0.25) is 0 Å².